The fourth-order valence-electron chi connectivity index (χ4n) is 1.63. The SMILES string of the molecule is CCNc1cc(N(C)C(C)(C)CC)nc(CC)n1. The number of rotatable bonds is 6. The van der Waals surface area contributed by atoms with Crippen molar-refractivity contribution in [3.05, 3.63) is 11.9 Å². The highest BCUT2D eigenvalue weighted by atomic mass is 15.2. The summed E-state index contributed by atoms with van der Waals surface area (Å²) in [7, 11) is 2.10. The van der Waals surface area contributed by atoms with E-state index in [0.29, 0.717) is 0 Å². The Morgan fingerprint density at radius 1 is 1.22 bits per heavy atom. The minimum absolute atomic E-state index is 0.100. The minimum Gasteiger partial charge on any atom is -0.370 e. The van der Waals surface area contributed by atoms with Crippen LogP contribution in [0.4, 0.5) is 11.6 Å². The van der Waals surface area contributed by atoms with Crippen LogP contribution in [0.15, 0.2) is 6.07 Å². The fraction of sp³-hybridized carbons (Fsp3) is 0.714. The minimum atomic E-state index is 0.100. The molecule has 4 nitrogen and oxygen atoms in total. The van der Waals surface area contributed by atoms with Gasteiger partial charge in [-0.3, -0.25) is 0 Å². The maximum atomic E-state index is 4.62. The summed E-state index contributed by atoms with van der Waals surface area (Å²) >= 11 is 0. The summed E-state index contributed by atoms with van der Waals surface area (Å²) in [5, 5.41) is 3.27. The Hall–Kier alpha value is -1.32. The van der Waals surface area contributed by atoms with Crippen molar-refractivity contribution in [2.75, 3.05) is 23.8 Å². The topological polar surface area (TPSA) is 41.0 Å². The highest BCUT2D eigenvalue weighted by Gasteiger charge is 2.23. The third kappa shape index (κ3) is 3.34. The van der Waals surface area contributed by atoms with Gasteiger partial charge in [0.05, 0.1) is 0 Å². The monoisotopic (exact) mass is 250 g/mol. The first kappa shape index (κ1) is 14.7. The zero-order valence-electron chi connectivity index (χ0n) is 12.5. The largest absolute Gasteiger partial charge is 0.370 e. The van der Waals surface area contributed by atoms with Crippen LogP contribution < -0.4 is 10.2 Å². The van der Waals surface area contributed by atoms with Crippen LogP contribution in [-0.4, -0.2) is 29.1 Å². The predicted octanol–water partition coefficient (Wildman–Crippen LogP) is 3.10. The Kier molecular flexibility index (Phi) is 4.93. The summed E-state index contributed by atoms with van der Waals surface area (Å²) in [4.78, 5) is 11.3. The number of aryl methyl sites for hydroxylation is 1. The zero-order chi connectivity index (χ0) is 13.8. The van der Waals surface area contributed by atoms with Crippen molar-refractivity contribution in [1.29, 1.82) is 0 Å². The van der Waals surface area contributed by atoms with Crippen molar-refractivity contribution >= 4 is 11.6 Å². The first-order chi connectivity index (χ1) is 8.44. The number of nitrogens with zero attached hydrogens (tertiary/aromatic N) is 3. The molecule has 0 spiro atoms. The van der Waals surface area contributed by atoms with Gasteiger partial charge in [-0.2, -0.15) is 0 Å². The second-order valence-corrected chi connectivity index (χ2v) is 5.14. The number of anilines is 2. The molecule has 0 fully saturated rings. The van der Waals surface area contributed by atoms with Gasteiger partial charge >= 0.3 is 0 Å². The summed E-state index contributed by atoms with van der Waals surface area (Å²) in [6, 6.07) is 2.03. The maximum absolute atomic E-state index is 4.62. The molecule has 0 aliphatic carbocycles. The maximum Gasteiger partial charge on any atom is 0.134 e. The van der Waals surface area contributed by atoms with Crippen LogP contribution >= 0.6 is 0 Å². The van der Waals surface area contributed by atoms with Crippen molar-refractivity contribution < 1.29 is 0 Å². The molecule has 0 saturated heterocycles. The van der Waals surface area contributed by atoms with E-state index in [-0.39, 0.29) is 5.54 Å². The Labute approximate surface area is 111 Å². The second kappa shape index (κ2) is 6.03. The molecule has 1 N–H and O–H groups in total. The van der Waals surface area contributed by atoms with Gasteiger partial charge in [0.1, 0.15) is 17.5 Å². The molecule has 1 rings (SSSR count). The van der Waals surface area contributed by atoms with Gasteiger partial charge in [0.25, 0.3) is 0 Å². The molecular weight excluding hydrogens is 224 g/mol. The van der Waals surface area contributed by atoms with Gasteiger partial charge in [-0.15, -0.1) is 0 Å². The zero-order valence-corrected chi connectivity index (χ0v) is 12.5. The summed E-state index contributed by atoms with van der Waals surface area (Å²) in [5.41, 5.74) is 0.100. The van der Waals surface area contributed by atoms with Crippen LogP contribution in [0.1, 0.15) is 46.9 Å². The van der Waals surface area contributed by atoms with E-state index in [1.54, 1.807) is 0 Å². The normalized spacial score (nSPS) is 11.4. The molecule has 0 atom stereocenters. The first-order valence-electron chi connectivity index (χ1n) is 6.80. The summed E-state index contributed by atoms with van der Waals surface area (Å²) in [6.45, 7) is 11.7. The molecule has 0 aromatic carbocycles. The molecule has 0 bridgehead atoms. The van der Waals surface area contributed by atoms with Crippen LogP contribution in [0, 0.1) is 0 Å². The number of hydrogen-bond donors (Lipinski definition) is 1. The predicted molar refractivity (Wildman–Crippen MR) is 78.3 cm³/mol. The smallest absolute Gasteiger partial charge is 0.134 e. The lowest BCUT2D eigenvalue weighted by molar-refractivity contribution is 0.466. The molecule has 102 valence electrons. The van der Waals surface area contributed by atoms with Gasteiger partial charge < -0.3 is 10.2 Å². The molecule has 0 aliphatic heterocycles. The fourth-order valence-corrected chi connectivity index (χ4v) is 1.63. The molecule has 0 saturated carbocycles. The summed E-state index contributed by atoms with van der Waals surface area (Å²) in [6.07, 6.45) is 1.93. The van der Waals surface area contributed by atoms with Crippen LogP contribution in [-0.2, 0) is 6.42 Å². The quantitative estimate of drug-likeness (QED) is 0.842. The van der Waals surface area contributed by atoms with Gasteiger partial charge in [0.15, 0.2) is 0 Å². The van der Waals surface area contributed by atoms with Crippen molar-refractivity contribution in [3.63, 3.8) is 0 Å². The summed E-state index contributed by atoms with van der Waals surface area (Å²) in [5.74, 6) is 2.80. The molecule has 0 aliphatic rings. The molecule has 18 heavy (non-hydrogen) atoms. The van der Waals surface area contributed by atoms with E-state index < -0.39 is 0 Å². The Morgan fingerprint density at radius 3 is 2.39 bits per heavy atom. The first-order valence-corrected chi connectivity index (χ1v) is 6.80. The standard InChI is InChI=1S/C14H26N4/c1-7-11-16-12(15-9-3)10-13(17-11)18(6)14(4,5)8-2/h10H,7-9H2,1-6H3,(H,15,16,17). The van der Waals surface area contributed by atoms with E-state index in [1.165, 1.54) is 0 Å². The lowest BCUT2D eigenvalue weighted by Gasteiger charge is -2.36. The van der Waals surface area contributed by atoms with Crippen molar-refractivity contribution in [2.24, 2.45) is 0 Å². The lowest BCUT2D eigenvalue weighted by atomic mass is 10.00. The van der Waals surface area contributed by atoms with Crippen molar-refractivity contribution in [1.82, 2.24) is 9.97 Å². The van der Waals surface area contributed by atoms with E-state index in [4.69, 9.17) is 0 Å². The van der Waals surface area contributed by atoms with Crippen molar-refractivity contribution in [3.8, 4) is 0 Å². The third-order valence-electron chi connectivity index (χ3n) is 3.55. The van der Waals surface area contributed by atoms with Gasteiger partial charge in [0.2, 0.25) is 0 Å². The Morgan fingerprint density at radius 2 is 1.89 bits per heavy atom. The highest BCUT2D eigenvalue weighted by molar-refractivity contribution is 5.50. The van der Waals surface area contributed by atoms with E-state index in [1.807, 2.05) is 6.07 Å². The van der Waals surface area contributed by atoms with E-state index in [2.05, 4.69) is 61.9 Å². The highest BCUT2D eigenvalue weighted by Crippen LogP contribution is 2.24. The van der Waals surface area contributed by atoms with Gasteiger partial charge in [-0.25, -0.2) is 9.97 Å². The van der Waals surface area contributed by atoms with Gasteiger partial charge in [0, 0.05) is 31.6 Å². The van der Waals surface area contributed by atoms with E-state index in [9.17, 15) is 0 Å². The van der Waals surface area contributed by atoms with Crippen molar-refractivity contribution in [2.45, 2.75) is 53.0 Å². The molecule has 0 amide bonds. The van der Waals surface area contributed by atoms with Gasteiger partial charge in [-0.05, 0) is 27.2 Å². The van der Waals surface area contributed by atoms with E-state index in [0.717, 1.165) is 36.8 Å². The van der Waals surface area contributed by atoms with Crippen LogP contribution in [0.3, 0.4) is 0 Å². The number of aromatic nitrogens is 2. The average molecular weight is 250 g/mol. The molecule has 4 heteroatoms. The second-order valence-electron chi connectivity index (χ2n) is 5.14. The molecule has 1 aromatic rings. The molecule has 0 radical (unpaired) electrons. The third-order valence-corrected chi connectivity index (χ3v) is 3.55. The lowest BCUT2D eigenvalue weighted by Crippen LogP contribution is -2.41. The van der Waals surface area contributed by atoms with Crippen LogP contribution in [0.2, 0.25) is 0 Å². The Balaban J connectivity index is 3.11. The molecule has 0 unspecified atom stereocenters. The Bertz CT molecular complexity index is 387. The molecular formula is C14H26N4. The average Bonchev–Trinajstić information content (AvgIpc) is 2.37. The summed E-state index contributed by atoms with van der Waals surface area (Å²) < 4.78 is 0. The van der Waals surface area contributed by atoms with E-state index >= 15 is 0 Å². The molecule has 1 aromatic heterocycles. The van der Waals surface area contributed by atoms with Gasteiger partial charge in [-0.1, -0.05) is 13.8 Å². The van der Waals surface area contributed by atoms with Crippen LogP contribution in [0.5, 0.6) is 0 Å². The van der Waals surface area contributed by atoms with Crippen LogP contribution in [0.25, 0.3) is 0 Å². The number of hydrogen-bond acceptors (Lipinski definition) is 4. The number of nitrogens with one attached hydrogen (secondary N) is 1. The molecule has 1 heterocycles.